The summed E-state index contributed by atoms with van der Waals surface area (Å²) in [6.45, 7) is 5.54. The number of amides is 1. The molecule has 0 aromatic carbocycles. The van der Waals surface area contributed by atoms with E-state index in [1.165, 1.54) is 12.8 Å². The van der Waals surface area contributed by atoms with Crippen molar-refractivity contribution in [2.24, 2.45) is 5.73 Å². The zero-order chi connectivity index (χ0) is 10.1. The molecule has 1 atom stereocenters. The van der Waals surface area contributed by atoms with Crippen LogP contribution in [-0.4, -0.2) is 54.0 Å². The summed E-state index contributed by atoms with van der Waals surface area (Å²) in [5, 5.41) is 0. The van der Waals surface area contributed by atoms with Gasteiger partial charge in [0.1, 0.15) is 0 Å². The fourth-order valence-corrected chi connectivity index (χ4v) is 2.04. The maximum atomic E-state index is 11.6. The number of hydrogen-bond acceptors (Lipinski definition) is 3. The fraction of sp³-hybridized carbons (Fsp3) is 0.900. The van der Waals surface area contributed by atoms with Gasteiger partial charge in [-0.05, 0) is 19.8 Å². The van der Waals surface area contributed by atoms with Crippen LogP contribution in [0.25, 0.3) is 0 Å². The molecule has 0 unspecified atom stereocenters. The smallest absolute Gasteiger partial charge is 0.239 e. The van der Waals surface area contributed by atoms with Crippen LogP contribution >= 0.6 is 0 Å². The predicted molar refractivity (Wildman–Crippen MR) is 54.8 cm³/mol. The summed E-state index contributed by atoms with van der Waals surface area (Å²) in [6.07, 6.45) is 2.70. The molecule has 2 fully saturated rings. The summed E-state index contributed by atoms with van der Waals surface area (Å²) in [5.41, 5.74) is 5.57. The molecule has 0 aromatic rings. The third-order valence-electron chi connectivity index (χ3n) is 3.08. The average molecular weight is 197 g/mol. The van der Waals surface area contributed by atoms with Gasteiger partial charge in [-0.25, -0.2) is 0 Å². The van der Waals surface area contributed by atoms with E-state index in [2.05, 4.69) is 4.90 Å². The molecule has 14 heavy (non-hydrogen) atoms. The van der Waals surface area contributed by atoms with Crippen LogP contribution in [0.15, 0.2) is 0 Å². The Kier molecular flexibility index (Phi) is 2.74. The Bertz CT molecular complexity index is 217. The largest absolute Gasteiger partial charge is 0.339 e. The van der Waals surface area contributed by atoms with Crippen LogP contribution in [0.1, 0.15) is 19.8 Å². The van der Waals surface area contributed by atoms with Gasteiger partial charge in [0.15, 0.2) is 0 Å². The molecule has 1 amide bonds. The minimum atomic E-state index is -0.345. The normalized spacial score (nSPS) is 26.3. The van der Waals surface area contributed by atoms with Crippen LogP contribution < -0.4 is 5.73 Å². The van der Waals surface area contributed by atoms with Gasteiger partial charge < -0.3 is 10.6 Å². The molecule has 2 N–H and O–H groups in total. The second-order valence-corrected chi connectivity index (χ2v) is 4.38. The quantitative estimate of drug-likeness (QED) is 0.657. The lowest BCUT2D eigenvalue weighted by Gasteiger charge is -2.35. The van der Waals surface area contributed by atoms with Gasteiger partial charge in [-0.1, -0.05) is 0 Å². The molecule has 0 bridgehead atoms. The highest BCUT2D eigenvalue weighted by Gasteiger charge is 2.32. The van der Waals surface area contributed by atoms with E-state index >= 15 is 0 Å². The molecule has 0 aromatic heterocycles. The summed E-state index contributed by atoms with van der Waals surface area (Å²) in [7, 11) is 0. The minimum absolute atomic E-state index is 0.0976. The molecule has 1 aliphatic carbocycles. The number of nitrogens with zero attached hydrogens (tertiary/aromatic N) is 2. The van der Waals surface area contributed by atoms with Crippen LogP contribution in [0.5, 0.6) is 0 Å². The van der Waals surface area contributed by atoms with Crippen LogP contribution in [0.2, 0.25) is 0 Å². The number of hydrogen-bond donors (Lipinski definition) is 1. The van der Waals surface area contributed by atoms with Crippen molar-refractivity contribution in [1.29, 1.82) is 0 Å². The maximum absolute atomic E-state index is 11.6. The van der Waals surface area contributed by atoms with E-state index in [1.54, 1.807) is 6.92 Å². The van der Waals surface area contributed by atoms with Crippen molar-refractivity contribution in [2.75, 3.05) is 26.2 Å². The number of piperazine rings is 1. The highest BCUT2D eigenvalue weighted by atomic mass is 16.2. The first-order valence-electron chi connectivity index (χ1n) is 5.47. The Balaban J connectivity index is 1.80. The van der Waals surface area contributed by atoms with Gasteiger partial charge in [0.2, 0.25) is 5.91 Å². The molecule has 2 aliphatic rings. The van der Waals surface area contributed by atoms with Gasteiger partial charge in [-0.3, -0.25) is 9.69 Å². The Labute approximate surface area is 85.0 Å². The monoisotopic (exact) mass is 197 g/mol. The SMILES string of the molecule is C[C@H](N)C(=O)N1CCN(C2CC2)CC1. The molecule has 1 aliphatic heterocycles. The summed E-state index contributed by atoms with van der Waals surface area (Å²) in [4.78, 5) is 16.0. The minimum Gasteiger partial charge on any atom is -0.339 e. The summed E-state index contributed by atoms with van der Waals surface area (Å²) in [5.74, 6) is 0.0976. The van der Waals surface area contributed by atoms with Crippen LogP contribution in [0.3, 0.4) is 0 Å². The van der Waals surface area contributed by atoms with Gasteiger partial charge in [-0.15, -0.1) is 0 Å². The van der Waals surface area contributed by atoms with Gasteiger partial charge in [0.25, 0.3) is 0 Å². The topological polar surface area (TPSA) is 49.6 Å². The lowest BCUT2D eigenvalue weighted by molar-refractivity contribution is -0.134. The van der Waals surface area contributed by atoms with Crippen LogP contribution in [-0.2, 0) is 4.79 Å². The van der Waals surface area contributed by atoms with E-state index in [-0.39, 0.29) is 11.9 Å². The molecule has 0 spiro atoms. The van der Waals surface area contributed by atoms with Crippen LogP contribution in [0, 0.1) is 0 Å². The van der Waals surface area contributed by atoms with Crippen molar-refractivity contribution in [3.05, 3.63) is 0 Å². The maximum Gasteiger partial charge on any atom is 0.239 e. The lowest BCUT2D eigenvalue weighted by atomic mass is 10.2. The van der Waals surface area contributed by atoms with Crippen molar-refractivity contribution in [2.45, 2.75) is 31.8 Å². The second kappa shape index (κ2) is 3.87. The fourth-order valence-electron chi connectivity index (χ4n) is 2.04. The van der Waals surface area contributed by atoms with Gasteiger partial charge in [0, 0.05) is 32.2 Å². The first-order valence-corrected chi connectivity index (χ1v) is 5.47. The Morgan fingerprint density at radius 2 is 1.86 bits per heavy atom. The number of nitrogens with two attached hydrogens (primary N) is 1. The van der Waals surface area contributed by atoms with E-state index in [9.17, 15) is 4.79 Å². The van der Waals surface area contributed by atoms with Crippen molar-refractivity contribution in [1.82, 2.24) is 9.80 Å². The van der Waals surface area contributed by atoms with Crippen molar-refractivity contribution >= 4 is 5.91 Å². The molecular formula is C10H19N3O. The molecule has 1 saturated carbocycles. The van der Waals surface area contributed by atoms with E-state index in [1.807, 2.05) is 4.90 Å². The highest BCUT2D eigenvalue weighted by molar-refractivity contribution is 5.81. The zero-order valence-corrected chi connectivity index (χ0v) is 8.78. The van der Waals surface area contributed by atoms with Crippen molar-refractivity contribution < 1.29 is 4.79 Å². The number of rotatable bonds is 2. The summed E-state index contributed by atoms with van der Waals surface area (Å²) >= 11 is 0. The highest BCUT2D eigenvalue weighted by Crippen LogP contribution is 2.27. The first kappa shape index (κ1) is 9.93. The average Bonchev–Trinajstić information content (AvgIpc) is 3.00. The third-order valence-corrected chi connectivity index (χ3v) is 3.08. The van der Waals surface area contributed by atoms with Crippen molar-refractivity contribution in [3.63, 3.8) is 0 Å². The molecule has 2 rings (SSSR count). The van der Waals surface area contributed by atoms with E-state index in [4.69, 9.17) is 5.73 Å². The van der Waals surface area contributed by atoms with Gasteiger partial charge in [0.05, 0.1) is 6.04 Å². The molecule has 1 saturated heterocycles. The Hall–Kier alpha value is -0.610. The molecular weight excluding hydrogens is 178 g/mol. The lowest BCUT2D eigenvalue weighted by Crippen LogP contribution is -2.52. The molecule has 4 nitrogen and oxygen atoms in total. The molecule has 80 valence electrons. The van der Waals surface area contributed by atoms with Crippen molar-refractivity contribution in [3.8, 4) is 0 Å². The Morgan fingerprint density at radius 1 is 1.29 bits per heavy atom. The zero-order valence-electron chi connectivity index (χ0n) is 8.78. The van der Waals surface area contributed by atoms with E-state index in [0.29, 0.717) is 0 Å². The van der Waals surface area contributed by atoms with E-state index < -0.39 is 0 Å². The second-order valence-electron chi connectivity index (χ2n) is 4.38. The van der Waals surface area contributed by atoms with Gasteiger partial charge >= 0.3 is 0 Å². The molecule has 1 heterocycles. The van der Waals surface area contributed by atoms with Crippen LogP contribution in [0.4, 0.5) is 0 Å². The number of carbonyl (C=O) groups excluding carboxylic acids is 1. The molecule has 0 radical (unpaired) electrons. The summed E-state index contributed by atoms with van der Waals surface area (Å²) in [6, 6.07) is 0.477. The number of carbonyl (C=O) groups is 1. The Morgan fingerprint density at radius 3 is 2.29 bits per heavy atom. The first-order chi connectivity index (χ1) is 6.68. The van der Waals surface area contributed by atoms with E-state index in [0.717, 1.165) is 32.2 Å². The van der Waals surface area contributed by atoms with Gasteiger partial charge in [-0.2, -0.15) is 0 Å². The third kappa shape index (κ3) is 2.07. The summed E-state index contributed by atoms with van der Waals surface area (Å²) < 4.78 is 0. The molecule has 4 heteroatoms. The standard InChI is InChI=1S/C10H19N3O/c1-8(11)10(14)13-6-4-12(5-7-13)9-2-3-9/h8-9H,2-7,11H2,1H3/t8-/m0/s1. The predicted octanol–water partition coefficient (Wildman–Crippen LogP) is -0.360.